The van der Waals surface area contributed by atoms with E-state index in [1.807, 2.05) is 12.1 Å². The summed E-state index contributed by atoms with van der Waals surface area (Å²) in [5.74, 6) is 0.878. The van der Waals surface area contributed by atoms with Crippen LogP contribution in [-0.2, 0) is 4.74 Å². The van der Waals surface area contributed by atoms with Crippen LogP contribution in [0.1, 0.15) is 0 Å². The van der Waals surface area contributed by atoms with Crippen molar-refractivity contribution >= 4 is 14.7 Å². The summed E-state index contributed by atoms with van der Waals surface area (Å²) in [6.07, 6.45) is 0. The number of methoxy groups -OCH3 is 1. The van der Waals surface area contributed by atoms with Gasteiger partial charge in [-0.15, -0.1) is 0 Å². The molecule has 0 saturated carbocycles. The fraction of sp³-hybridized carbons (Fsp3) is 0.333. The Bertz CT molecular complexity index is 220. The Morgan fingerprint density at radius 3 is 2.42 bits per heavy atom. The molecule has 3 heteroatoms. The number of hydrogen-bond acceptors (Lipinski definition) is 2. The van der Waals surface area contributed by atoms with E-state index in [9.17, 15) is 0 Å². The van der Waals surface area contributed by atoms with Crippen LogP contribution in [0.3, 0.4) is 0 Å². The molecule has 1 rings (SSSR count). The second-order valence-corrected chi connectivity index (χ2v) is 4.07. The van der Waals surface area contributed by atoms with Gasteiger partial charge in [0.1, 0.15) is 5.75 Å². The Morgan fingerprint density at radius 2 is 1.92 bits per heavy atom. The third kappa shape index (κ3) is 2.68. The van der Waals surface area contributed by atoms with Gasteiger partial charge >= 0.3 is 0 Å². The molecule has 66 valence electrons. The molecule has 0 bridgehead atoms. The average Bonchev–Trinajstić information content (AvgIpc) is 2.15. The maximum absolute atomic E-state index is 5.25. The highest BCUT2D eigenvalue weighted by Gasteiger charge is 1.92. The lowest BCUT2D eigenvalue weighted by atomic mass is 10.3. The van der Waals surface area contributed by atoms with Crippen LogP contribution in [0.15, 0.2) is 24.3 Å². The monoisotopic (exact) mass is 182 g/mol. The van der Waals surface area contributed by atoms with Crippen molar-refractivity contribution in [3.8, 4) is 5.75 Å². The zero-order valence-electron chi connectivity index (χ0n) is 7.54. The van der Waals surface area contributed by atoms with Crippen LogP contribution in [-0.4, -0.2) is 23.4 Å². The first-order valence-electron chi connectivity index (χ1n) is 4.07. The van der Waals surface area contributed by atoms with Gasteiger partial charge in [0.2, 0.25) is 0 Å². The van der Waals surface area contributed by atoms with E-state index in [-0.39, 0.29) is 9.52 Å². The third-order valence-electron chi connectivity index (χ3n) is 1.68. The van der Waals surface area contributed by atoms with Crippen molar-refractivity contribution in [2.75, 3.05) is 13.9 Å². The molecule has 1 aromatic carbocycles. The molecule has 0 N–H and O–H groups in total. The highest BCUT2D eigenvalue weighted by molar-refractivity contribution is 6.51. The van der Waals surface area contributed by atoms with Crippen LogP contribution >= 0.6 is 0 Å². The molecule has 0 radical (unpaired) electrons. The zero-order valence-corrected chi connectivity index (χ0v) is 8.95. The van der Waals surface area contributed by atoms with Crippen molar-refractivity contribution in [3.05, 3.63) is 24.3 Å². The Labute approximate surface area is 75.3 Å². The first-order valence-corrected chi connectivity index (χ1v) is 6.19. The summed E-state index contributed by atoms with van der Waals surface area (Å²) in [5.41, 5.74) is 0. The van der Waals surface area contributed by atoms with Crippen molar-refractivity contribution in [3.63, 3.8) is 0 Å². The number of ether oxygens (including phenoxy) is 2. The van der Waals surface area contributed by atoms with Crippen LogP contribution in [0.2, 0.25) is 6.55 Å². The summed E-state index contributed by atoms with van der Waals surface area (Å²) in [7, 11) is 1.59. The molecule has 0 unspecified atom stereocenters. The molecule has 0 amide bonds. The molecule has 0 fully saturated rings. The van der Waals surface area contributed by atoms with Gasteiger partial charge < -0.3 is 9.47 Å². The van der Waals surface area contributed by atoms with Gasteiger partial charge in [0.05, 0.1) is 9.52 Å². The van der Waals surface area contributed by atoms with E-state index in [0.29, 0.717) is 6.79 Å². The van der Waals surface area contributed by atoms with Gasteiger partial charge in [-0.3, -0.25) is 0 Å². The van der Waals surface area contributed by atoms with Crippen LogP contribution in [0, 0.1) is 0 Å². The molecule has 0 saturated heterocycles. The van der Waals surface area contributed by atoms with Gasteiger partial charge in [-0.25, -0.2) is 0 Å². The van der Waals surface area contributed by atoms with E-state index in [0.717, 1.165) is 5.75 Å². The molecule has 12 heavy (non-hydrogen) atoms. The quantitative estimate of drug-likeness (QED) is 0.499. The first kappa shape index (κ1) is 9.29. The summed E-state index contributed by atoms with van der Waals surface area (Å²) < 4.78 is 10.0. The van der Waals surface area contributed by atoms with E-state index >= 15 is 0 Å². The second kappa shape index (κ2) is 4.95. The lowest BCUT2D eigenvalue weighted by molar-refractivity contribution is 0.0511. The summed E-state index contributed by atoms with van der Waals surface area (Å²) >= 11 is 0. The van der Waals surface area contributed by atoms with Gasteiger partial charge in [0.15, 0.2) is 6.79 Å². The Balaban J connectivity index is 2.53. The molecular weight excluding hydrogens is 168 g/mol. The lowest BCUT2D eigenvalue weighted by Gasteiger charge is -2.04. The number of rotatable bonds is 4. The largest absolute Gasteiger partial charge is 0.468 e. The topological polar surface area (TPSA) is 18.5 Å². The molecule has 1 aromatic rings. The number of hydrogen-bond donors (Lipinski definition) is 0. The van der Waals surface area contributed by atoms with Crippen molar-refractivity contribution in [2.45, 2.75) is 6.55 Å². The van der Waals surface area contributed by atoms with E-state index in [2.05, 4.69) is 18.7 Å². The molecule has 0 aliphatic rings. The first-order chi connectivity index (χ1) is 5.86. The zero-order chi connectivity index (χ0) is 8.81. The van der Waals surface area contributed by atoms with Gasteiger partial charge in [-0.05, 0) is 12.1 Å². The van der Waals surface area contributed by atoms with Gasteiger partial charge in [0.25, 0.3) is 0 Å². The molecule has 0 aliphatic carbocycles. The second-order valence-electron chi connectivity index (χ2n) is 2.55. The SMILES string of the molecule is COCOc1ccc([SiH2]C)cc1. The fourth-order valence-corrected chi connectivity index (χ4v) is 1.66. The Kier molecular flexibility index (Phi) is 3.83. The van der Waals surface area contributed by atoms with Crippen molar-refractivity contribution in [1.82, 2.24) is 0 Å². The normalized spacial score (nSPS) is 10.8. The van der Waals surface area contributed by atoms with Gasteiger partial charge in [-0.2, -0.15) is 0 Å². The van der Waals surface area contributed by atoms with E-state index in [1.165, 1.54) is 5.19 Å². The standard InChI is InChI=1S/C9H14O2Si/c1-10-7-11-8-3-5-9(12-2)6-4-8/h3-6H,7,12H2,1-2H3. The predicted octanol–water partition coefficient (Wildman–Crippen LogP) is 0.512. The molecule has 0 aromatic heterocycles. The van der Waals surface area contributed by atoms with Crippen molar-refractivity contribution in [2.24, 2.45) is 0 Å². The molecule has 0 heterocycles. The summed E-state index contributed by atoms with van der Waals surface area (Å²) in [6, 6.07) is 8.23. The summed E-state index contributed by atoms with van der Waals surface area (Å²) in [4.78, 5) is 0. The number of benzene rings is 1. The van der Waals surface area contributed by atoms with Crippen molar-refractivity contribution < 1.29 is 9.47 Å². The lowest BCUT2D eigenvalue weighted by Crippen LogP contribution is -2.09. The molecule has 2 nitrogen and oxygen atoms in total. The van der Waals surface area contributed by atoms with Crippen LogP contribution in [0.4, 0.5) is 0 Å². The minimum absolute atomic E-state index is 0.0307. The Morgan fingerprint density at radius 1 is 1.25 bits per heavy atom. The minimum Gasteiger partial charge on any atom is -0.468 e. The van der Waals surface area contributed by atoms with E-state index in [4.69, 9.17) is 9.47 Å². The average molecular weight is 182 g/mol. The van der Waals surface area contributed by atoms with E-state index in [1.54, 1.807) is 7.11 Å². The van der Waals surface area contributed by atoms with E-state index < -0.39 is 0 Å². The summed E-state index contributed by atoms with van der Waals surface area (Å²) in [5, 5.41) is 1.46. The predicted molar refractivity (Wildman–Crippen MR) is 53.0 cm³/mol. The fourth-order valence-electron chi connectivity index (χ4n) is 0.948. The highest BCUT2D eigenvalue weighted by Crippen LogP contribution is 2.06. The molecule has 0 atom stereocenters. The Hall–Kier alpha value is -0.803. The smallest absolute Gasteiger partial charge is 0.188 e. The maximum Gasteiger partial charge on any atom is 0.188 e. The molecule has 0 spiro atoms. The molecular formula is C9H14O2Si. The maximum atomic E-state index is 5.25. The minimum atomic E-state index is -0.0307. The third-order valence-corrected chi connectivity index (χ3v) is 2.96. The summed E-state index contributed by atoms with van der Waals surface area (Å²) in [6.45, 7) is 2.59. The van der Waals surface area contributed by atoms with Crippen LogP contribution < -0.4 is 9.92 Å². The van der Waals surface area contributed by atoms with Crippen LogP contribution in [0.25, 0.3) is 0 Å². The van der Waals surface area contributed by atoms with Crippen molar-refractivity contribution in [1.29, 1.82) is 0 Å². The molecule has 0 aliphatic heterocycles. The van der Waals surface area contributed by atoms with Crippen LogP contribution in [0.5, 0.6) is 5.75 Å². The highest BCUT2D eigenvalue weighted by atomic mass is 28.2. The van der Waals surface area contributed by atoms with Gasteiger partial charge in [0, 0.05) is 7.11 Å². The van der Waals surface area contributed by atoms with Gasteiger partial charge in [-0.1, -0.05) is 23.9 Å².